The number of likely N-dealkylation sites (tertiary alicyclic amines) is 1. The zero-order chi connectivity index (χ0) is 17.6. The molecule has 25 heavy (non-hydrogen) atoms. The summed E-state index contributed by atoms with van der Waals surface area (Å²) >= 11 is 0. The van der Waals surface area contributed by atoms with E-state index in [1.165, 1.54) is 12.1 Å². The lowest BCUT2D eigenvalue weighted by atomic mass is 9.94. The molecular formula is C18H22FN3O3. The van der Waals surface area contributed by atoms with Crippen LogP contribution < -0.4 is 10.9 Å². The van der Waals surface area contributed by atoms with Gasteiger partial charge in [-0.25, -0.2) is 20.0 Å². The van der Waals surface area contributed by atoms with E-state index in [1.807, 2.05) is 0 Å². The molecule has 3 fully saturated rings. The lowest BCUT2D eigenvalue weighted by molar-refractivity contribution is -0.150. The molecule has 3 N–H and O–H groups in total. The number of hydrazine groups is 1. The summed E-state index contributed by atoms with van der Waals surface area (Å²) in [7, 11) is 0. The molecule has 7 heteroatoms. The number of rotatable bonds is 3. The van der Waals surface area contributed by atoms with Crippen molar-refractivity contribution in [1.82, 2.24) is 15.8 Å². The van der Waals surface area contributed by atoms with Gasteiger partial charge in [-0.15, -0.1) is 0 Å². The fourth-order valence-corrected chi connectivity index (χ4v) is 4.68. The fourth-order valence-electron chi connectivity index (χ4n) is 4.68. The summed E-state index contributed by atoms with van der Waals surface area (Å²) in [5.74, 6) is -0.950. The fraction of sp³-hybridized carbons (Fsp3) is 0.556. The summed E-state index contributed by atoms with van der Waals surface area (Å²) in [4.78, 5) is 26.2. The van der Waals surface area contributed by atoms with Crippen LogP contribution in [0, 0.1) is 17.7 Å². The molecule has 1 saturated carbocycles. The van der Waals surface area contributed by atoms with Gasteiger partial charge in [0, 0.05) is 12.6 Å². The van der Waals surface area contributed by atoms with E-state index in [4.69, 9.17) is 0 Å². The number of carbonyl (C=O) groups is 2. The van der Waals surface area contributed by atoms with Crippen LogP contribution in [0.15, 0.2) is 24.3 Å². The molecule has 0 radical (unpaired) electrons. The Morgan fingerprint density at radius 3 is 2.64 bits per heavy atom. The van der Waals surface area contributed by atoms with Gasteiger partial charge in [0.25, 0.3) is 0 Å². The van der Waals surface area contributed by atoms with Gasteiger partial charge in [0.15, 0.2) is 0 Å². The molecule has 5 atom stereocenters. The van der Waals surface area contributed by atoms with E-state index < -0.39 is 18.1 Å². The van der Waals surface area contributed by atoms with Gasteiger partial charge < -0.3 is 10.0 Å². The van der Waals surface area contributed by atoms with Gasteiger partial charge in [0.2, 0.25) is 5.91 Å². The van der Waals surface area contributed by atoms with E-state index in [2.05, 4.69) is 10.9 Å². The van der Waals surface area contributed by atoms with Crippen molar-refractivity contribution < 1.29 is 19.1 Å². The Kier molecular flexibility index (Phi) is 4.21. The maximum absolute atomic E-state index is 13.1. The summed E-state index contributed by atoms with van der Waals surface area (Å²) < 4.78 is 13.1. The van der Waals surface area contributed by atoms with Crippen molar-refractivity contribution in [2.45, 2.75) is 43.8 Å². The number of hydrogen-bond donors (Lipinski definition) is 3. The number of carbonyl (C=O) groups excluding carboxylic acids is 1. The molecule has 1 aromatic rings. The van der Waals surface area contributed by atoms with E-state index in [9.17, 15) is 19.1 Å². The smallest absolute Gasteiger partial charge is 0.326 e. The predicted octanol–water partition coefficient (Wildman–Crippen LogP) is 1.44. The highest BCUT2D eigenvalue weighted by atomic mass is 19.1. The largest absolute Gasteiger partial charge is 0.480 e. The van der Waals surface area contributed by atoms with Gasteiger partial charge in [0.1, 0.15) is 17.9 Å². The number of hydrogen-bond acceptors (Lipinski definition) is 4. The Morgan fingerprint density at radius 1 is 1.16 bits per heavy atom. The topological polar surface area (TPSA) is 81.7 Å². The Hall–Kier alpha value is -1.99. The second-order valence-electron chi connectivity index (χ2n) is 7.31. The third-order valence-corrected chi connectivity index (χ3v) is 5.90. The van der Waals surface area contributed by atoms with Crippen LogP contribution >= 0.6 is 0 Å². The molecule has 3 aliphatic rings. The summed E-state index contributed by atoms with van der Waals surface area (Å²) in [6.07, 6.45) is 3.46. The molecule has 134 valence electrons. The minimum atomic E-state index is -0.899. The second kappa shape index (κ2) is 6.38. The van der Waals surface area contributed by atoms with Crippen LogP contribution in [0.5, 0.6) is 0 Å². The Bertz CT molecular complexity index is 681. The lowest BCUT2D eigenvalue weighted by Gasteiger charge is -2.26. The molecular weight excluding hydrogens is 325 g/mol. The van der Waals surface area contributed by atoms with Crippen LogP contribution in [0.2, 0.25) is 0 Å². The van der Waals surface area contributed by atoms with Gasteiger partial charge in [-0.05, 0) is 48.8 Å². The quantitative estimate of drug-likeness (QED) is 0.771. The van der Waals surface area contributed by atoms with Crippen molar-refractivity contribution >= 4 is 11.9 Å². The van der Waals surface area contributed by atoms with Crippen molar-refractivity contribution in [1.29, 1.82) is 0 Å². The number of benzene rings is 1. The zero-order valence-electron chi connectivity index (χ0n) is 13.8. The van der Waals surface area contributed by atoms with Crippen molar-refractivity contribution in [2.24, 2.45) is 11.8 Å². The monoisotopic (exact) mass is 347 g/mol. The SMILES string of the molecule is O=C(O)C1C2CCCC2CN1C(=O)C1CC(c2ccc(F)cc2)NN1. The van der Waals surface area contributed by atoms with Crippen LogP contribution in [-0.2, 0) is 9.59 Å². The summed E-state index contributed by atoms with van der Waals surface area (Å²) in [6, 6.07) is 4.93. The van der Waals surface area contributed by atoms with Crippen LogP contribution in [0.25, 0.3) is 0 Å². The van der Waals surface area contributed by atoms with E-state index in [1.54, 1.807) is 17.0 Å². The molecule has 0 aromatic heterocycles. The number of carboxylic acid groups (broad SMARTS) is 1. The van der Waals surface area contributed by atoms with Crippen molar-refractivity contribution in [3.63, 3.8) is 0 Å². The maximum atomic E-state index is 13.1. The van der Waals surface area contributed by atoms with Crippen LogP contribution in [0.4, 0.5) is 4.39 Å². The zero-order valence-corrected chi connectivity index (χ0v) is 13.8. The predicted molar refractivity (Wildman–Crippen MR) is 87.8 cm³/mol. The molecule has 1 aromatic carbocycles. The minimum absolute atomic E-state index is 0.0868. The van der Waals surface area contributed by atoms with Crippen LogP contribution in [0.1, 0.15) is 37.3 Å². The second-order valence-corrected chi connectivity index (χ2v) is 7.31. The van der Waals surface area contributed by atoms with Crippen LogP contribution in [-0.4, -0.2) is 40.5 Å². The van der Waals surface area contributed by atoms with Gasteiger partial charge in [0.05, 0.1) is 0 Å². The van der Waals surface area contributed by atoms with Gasteiger partial charge in [-0.2, -0.15) is 0 Å². The average molecular weight is 347 g/mol. The number of nitrogens with zero attached hydrogens (tertiary/aromatic N) is 1. The highest BCUT2D eigenvalue weighted by molar-refractivity contribution is 5.88. The minimum Gasteiger partial charge on any atom is -0.480 e. The Morgan fingerprint density at radius 2 is 1.92 bits per heavy atom. The first-order valence-corrected chi connectivity index (χ1v) is 8.84. The maximum Gasteiger partial charge on any atom is 0.326 e. The van der Waals surface area contributed by atoms with Gasteiger partial charge in [-0.3, -0.25) is 4.79 Å². The van der Waals surface area contributed by atoms with Crippen molar-refractivity contribution in [2.75, 3.05) is 6.54 Å². The molecule has 6 nitrogen and oxygen atoms in total. The van der Waals surface area contributed by atoms with E-state index in [0.29, 0.717) is 18.9 Å². The number of fused-ring (bicyclic) bond motifs is 1. The molecule has 4 rings (SSSR count). The summed E-state index contributed by atoms with van der Waals surface area (Å²) in [5, 5.41) is 9.61. The number of nitrogens with one attached hydrogen (secondary N) is 2. The molecule has 0 bridgehead atoms. The van der Waals surface area contributed by atoms with Crippen molar-refractivity contribution in [3.05, 3.63) is 35.6 Å². The number of amides is 1. The Balaban J connectivity index is 1.46. The lowest BCUT2D eigenvalue weighted by Crippen LogP contribution is -2.50. The number of carboxylic acids is 1. The van der Waals surface area contributed by atoms with Crippen molar-refractivity contribution in [3.8, 4) is 0 Å². The summed E-state index contributed by atoms with van der Waals surface area (Å²) in [6.45, 7) is 0.542. The summed E-state index contributed by atoms with van der Waals surface area (Å²) in [5.41, 5.74) is 6.97. The average Bonchev–Trinajstić information content (AvgIpc) is 3.29. The molecule has 1 aliphatic carbocycles. The number of aliphatic carboxylic acids is 1. The number of halogens is 1. The van der Waals surface area contributed by atoms with E-state index in [-0.39, 0.29) is 23.7 Å². The first kappa shape index (κ1) is 16.5. The van der Waals surface area contributed by atoms with Gasteiger partial charge in [-0.1, -0.05) is 18.6 Å². The first-order chi connectivity index (χ1) is 12.0. The van der Waals surface area contributed by atoms with E-state index in [0.717, 1.165) is 24.8 Å². The van der Waals surface area contributed by atoms with Gasteiger partial charge >= 0.3 is 5.97 Å². The van der Waals surface area contributed by atoms with Crippen LogP contribution in [0.3, 0.4) is 0 Å². The highest BCUT2D eigenvalue weighted by Gasteiger charge is 2.51. The standard InChI is InChI=1S/C18H22FN3O3/c19-12-6-4-10(5-7-12)14-8-15(21-20-14)17(23)22-9-11-2-1-3-13(11)16(22)18(24)25/h4-7,11,13-16,20-21H,1-3,8-9H2,(H,24,25). The third kappa shape index (κ3) is 2.91. The normalized spacial score (nSPS) is 34.3. The molecule has 2 saturated heterocycles. The molecule has 2 heterocycles. The molecule has 2 aliphatic heterocycles. The molecule has 0 spiro atoms. The third-order valence-electron chi connectivity index (χ3n) is 5.90. The first-order valence-electron chi connectivity index (χ1n) is 8.84. The Labute approximate surface area is 145 Å². The highest BCUT2D eigenvalue weighted by Crippen LogP contribution is 2.42. The molecule has 5 unspecified atom stereocenters. The molecule has 1 amide bonds. The van der Waals surface area contributed by atoms with E-state index >= 15 is 0 Å².